The first-order valence-electron chi connectivity index (χ1n) is 9.81. The Morgan fingerprint density at radius 3 is 2.72 bits per heavy atom. The topological polar surface area (TPSA) is 75.0 Å². The second-order valence-electron chi connectivity index (χ2n) is 7.82. The van der Waals surface area contributed by atoms with Gasteiger partial charge in [0.15, 0.2) is 17.3 Å². The molecule has 0 N–H and O–H groups in total. The van der Waals surface area contributed by atoms with Crippen molar-refractivity contribution in [2.24, 2.45) is 0 Å². The zero-order chi connectivity index (χ0) is 19.7. The van der Waals surface area contributed by atoms with Gasteiger partial charge in [0.05, 0.1) is 17.4 Å². The minimum Gasteiger partial charge on any atom is -0.484 e. The normalized spacial score (nSPS) is 19.2. The number of ether oxygens (including phenoxy) is 3. The van der Waals surface area contributed by atoms with Crippen LogP contribution in [0.1, 0.15) is 51.6 Å². The van der Waals surface area contributed by atoms with Gasteiger partial charge in [-0.05, 0) is 61.1 Å². The first kappa shape index (κ1) is 16.7. The molecule has 2 aromatic carbocycles. The van der Waals surface area contributed by atoms with Gasteiger partial charge in [0.2, 0.25) is 6.79 Å². The molecule has 3 aliphatic rings. The van der Waals surface area contributed by atoms with Crippen molar-refractivity contribution in [3.8, 4) is 17.2 Å². The van der Waals surface area contributed by atoms with Crippen LogP contribution in [-0.4, -0.2) is 12.6 Å². The molecular formula is C23H18O6. The first-order valence-corrected chi connectivity index (χ1v) is 9.81. The second-order valence-corrected chi connectivity index (χ2v) is 7.82. The van der Waals surface area contributed by atoms with Crippen molar-refractivity contribution < 1.29 is 23.4 Å². The summed E-state index contributed by atoms with van der Waals surface area (Å²) in [5.74, 6) is 1.93. The fourth-order valence-electron chi connectivity index (χ4n) is 4.75. The SMILES string of the molecule is Cc1cc2oc(=O)c3c(c2c2c1C(=O)C[C@H](c1ccc4c(c1)OCO4)O2)CCC3. The van der Waals surface area contributed by atoms with Crippen molar-refractivity contribution >= 4 is 16.8 Å². The van der Waals surface area contributed by atoms with Crippen LogP contribution in [0.3, 0.4) is 0 Å². The van der Waals surface area contributed by atoms with Crippen LogP contribution in [0.25, 0.3) is 11.0 Å². The van der Waals surface area contributed by atoms with Crippen molar-refractivity contribution in [2.75, 3.05) is 6.79 Å². The summed E-state index contributed by atoms with van der Waals surface area (Å²) < 4.78 is 22.9. The lowest BCUT2D eigenvalue weighted by molar-refractivity contribution is 0.0852. The summed E-state index contributed by atoms with van der Waals surface area (Å²) in [4.78, 5) is 25.5. The third-order valence-corrected chi connectivity index (χ3v) is 6.09. The Balaban J connectivity index is 1.55. The Bertz CT molecular complexity index is 1270. The molecule has 2 aliphatic heterocycles. The quantitative estimate of drug-likeness (QED) is 0.584. The van der Waals surface area contributed by atoms with E-state index in [1.807, 2.05) is 25.1 Å². The number of Topliss-reactive ketones (excluding diaryl/α,β-unsaturated/α-hetero) is 1. The Morgan fingerprint density at radius 1 is 1.00 bits per heavy atom. The van der Waals surface area contributed by atoms with Crippen molar-refractivity contribution in [2.45, 2.75) is 38.7 Å². The van der Waals surface area contributed by atoms with E-state index >= 15 is 0 Å². The summed E-state index contributed by atoms with van der Waals surface area (Å²) in [5, 5.41) is 0.775. The number of rotatable bonds is 1. The van der Waals surface area contributed by atoms with E-state index in [-0.39, 0.29) is 24.6 Å². The van der Waals surface area contributed by atoms with Gasteiger partial charge in [-0.25, -0.2) is 4.79 Å². The van der Waals surface area contributed by atoms with E-state index in [0.29, 0.717) is 40.4 Å². The van der Waals surface area contributed by atoms with Crippen LogP contribution >= 0.6 is 0 Å². The summed E-state index contributed by atoms with van der Waals surface area (Å²) in [5.41, 5.74) is 4.11. The summed E-state index contributed by atoms with van der Waals surface area (Å²) in [6.45, 7) is 2.05. The van der Waals surface area contributed by atoms with Crippen LogP contribution in [0.4, 0.5) is 0 Å². The van der Waals surface area contributed by atoms with Gasteiger partial charge in [0.25, 0.3) is 0 Å². The molecule has 6 rings (SSSR count). The summed E-state index contributed by atoms with van der Waals surface area (Å²) in [6, 6.07) is 7.40. The van der Waals surface area contributed by atoms with Crippen molar-refractivity contribution in [3.63, 3.8) is 0 Å². The van der Waals surface area contributed by atoms with Crippen molar-refractivity contribution in [3.05, 3.63) is 62.5 Å². The molecule has 146 valence electrons. The molecule has 1 aromatic heterocycles. The maximum atomic E-state index is 13.1. The molecule has 1 atom stereocenters. The van der Waals surface area contributed by atoms with Gasteiger partial charge >= 0.3 is 5.63 Å². The molecule has 0 saturated carbocycles. The number of aryl methyl sites for hydroxylation is 2. The molecule has 0 amide bonds. The predicted molar refractivity (Wildman–Crippen MR) is 104 cm³/mol. The van der Waals surface area contributed by atoms with E-state index in [4.69, 9.17) is 18.6 Å². The highest BCUT2D eigenvalue weighted by atomic mass is 16.7. The molecule has 6 heteroatoms. The van der Waals surface area contributed by atoms with E-state index in [1.165, 1.54) is 0 Å². The van der Waals surface area contributed by atoms with Crippen LogP contribution < -0.4 is 19.8 Å². The van der Waals surface area contributed by atoms with Gasteiger partial charge in [-0.3, -0.25) is 4.79 Å². The molecule has 1 aliphatic carbocycles. The van der Waals surface area contributed by atoms with E-state index in [9.17, 15) is 9.59 Å². The van der Waals surface area contributed by atoms with Gasteiger partial charge in [0.1, 0.15) is 17.4 Å². The number of fused-ring (bicyclic) bond motifs is 6. The summed E-state index contributed by atoms with van der Waals surface area (Å²) in [6.07, 6.45) is 2.22. The zero-order valence-corrected chi connectivity index (χ0v) is 15.9. The number of carbonyl (C=O) groups is 1. The minimum atomic E-state index is -0.432. The van der Waals surface area contributed by atoms with Crippen LogP contribution in [0, 0.1) is 6.92 Å². The molecule has 0 saturated heterocycles. The Hall–Kier alpha value is -3.28. The molecular weight excluding hydrogens is 372 g/mol. The second kappa shape index (κ2) is 5.86. The number of benzene rings is 2. The maximum Gasteiger partial charge on any atom is 0.339 e. The smallest absolute Gasteiger partial charge is 0.339 e. The Labute approximate surface area is 166 Å². The minimum absolute atomic E-state index is 0.0336. The fourth-order valence-corrected chi connectivity index (χ4v) is 4.75. The predicted octanol–water partition coefficient (Wildman–Crippen LogP) is 4.03. The van der Waals surface area contributed by atoms with Gasteiger partial charge in [-0.15, -0.1) is 0 Å². The largest absolute Gasteiger partial charge is 0.484 e. The highest BCUT2D eigenvalue weighted by molar-refractivity contribution is 6.07. The van der Waals surface area contributed by atoms with E-state index < -0.39 is 6.10 Å². The third-order valence-electron chi connectivity index (χ3n) is 6.09. The molecule has 0 unspecified atom stereocenters. The lowest BCUT2D eigenvalue weighted by atomic mass is 9.90. The standard InChI is InChI=1S/C23H18O6/c1-11-7-19-21(13-3-2-4-14(13)23(25)29-19)22-20(11)15(24)9-17(28-22)12-5-6-16-18(8-12)27-10-26-16/h5-8,17H,2-4,9-10H2,1H3/t17-/m1/s1. The van der Waals surface area contributed by atoms with Gasteiger partial charge in [0, 0.05) is 5.56 Å². The Kier molecular flexibility index (Phi) is 3.37. The van der Waals surface area contributed by atoms with Crippen LogP contribution in [-0.2, 0) is 12.8 Å². The molecule has 29 heavy (non-hydrogen) atoms. The molecule has 0 fully saturated rings. The van der Waals surface area contributed by atoms with E-state index in [0.717, 1.165) is 34.9 Å². The zero-order valence-electron chi connectivity index (χ0n) is 15.9. The number of ketones is 1. The van der Waals surface area contributed by atoms with Crippen LogP contribution in [0.2, 0.25) is 0 Å². The molecule has 0 bridgehead atoms. The van der Waals surface area contributed by atoms with Crippen LogP contribution in [0.15, 0.2) is 33.5 Å². The molecule has 0 radical (unpaired) electrons. The van der Waals surface area contributed by atoms with Gasteiger partial charge in [-0.2, -0.15) is 0 Å². The third kappa shape index (κ3) is 2.35. The summed E-state index contributed by atoms with van der Waals surface area (Å²) >= 11 is 0. The number of hydrogen-bond acceptors (Lipinski definition) is 6. The molecule has 0 spiro atoms. The average molecular weight is 390 g/mol. The molecule has 3 heterocycles. The van der Waals surface area contributed by atoms with E-state index in [1.54, 1.807) is 6.07 Å². The number of carbonyl (C=O) groups excluding carboxylic acids is 1. The molecule has 6 nitrogen and oxygen atoms in total. The van der Waals surface area contributed by atoms with Crippen molar-refractivity contribution in [1.82, 2.24) is 0 Å². The average Bonchev–Trinajstić information content (AvgIpc) is 3.36. The lowest BCUT2D eigenvalue weighted by Gasteiger charge is -2.28. The fraction of sp³-hybridized carbons (Fsp3) is 0.304. The maximum absolute atomic E-state index is 13.1. The van der Waals surface area contributed by atoms with E-state index in [2.05, 4.69) is 0 Å². The van der Waals surface area contributed by atoms with Crippen LogP contribution in [0.5, 0.6) is 17.2 Å². The van der Waals surface area contributed by atoms with Gasteiger partial charge in [-0.1, -0.05) is 6.07 Å². The first-order chi connectivity index (χ1) is 14.1. The molecule has 3 aromatic rings. The monoisotopic (exact) mass is 390 g/mol. The lowest BCUT2D eigenvalue weighted by Crippen LogP contribution is -2.22. The van der Waals surface area contributed by atoms with Gasteiger partial charge < -0.3 is 18.6 Å². The van der Waals surface area contributed by atoms with Crippen molar-refractivity contribution in [1.29, 1.82) is 0 Å². The Morgan fingerprint density at radius 2 is 1.83 bits per heavy atom. The number of hydrogen-bond donors (Lipinski definition) is 0. The highest BCUT2D eigenvalue weighted by Crippen LogP contribution is 2.45. The highest BCUT2D eigenvalue weighted by Gasteiger charge is 2.34. The summed E-state index contributed by atoms with van der Waals surface area (Å²) in [7, 11) is 0.